The Morgan fingerprint density at radius 1 is 0.949 bits per heavy atom. The Morgan fingerprint density at radius 3 is 2.10 bits per heavy atom. The molecule has 0 fully saturated rings. The number of nitrogens with one attached hydrogen (secondary N) is 1. The van der Waals surface area contributed by atoms with E-state index >= 15 is 0 Å². The van der Waals surface area contributed by atoms with Crippen molar-refractivity contribution >= 4 is 40.8 Å². The van der Waals surface area contributed by atoms with Crippen LogP contribution in [0.2, 0.25) is 0 Å². The summed E-state index contributed by atoms with van der Waals surface area (Å²) in [4.78, 5) is 77.3. The molecule has 3 atom stereocenters. The number of aryl methyl sites for hydroxylation is 2. The van der Waals surface area contributed by atoms with Crippen LogP contribution in [0.25, 0.3) is 11.0 Å². The second kappa shape index (κ2) is 13.5. The summed E-state index contributed by atoms with van der Waals surface area (Å²) in [6, 6.07) is 3.41. The van der Waals surface area contributed by atoms with Gasteiger partial charge in [0, 0.05) is 26.7 Å². The van der Waals surface area contributed by atoms with Gasteiger partial charge >= 0.3 is 23.9 Å². The Kier molecular flexibility index (Phi) is 10.7. The summed E-state index contributed by atoms with van der Waals surface area (Å²) < 4.78 is 21.6. The lowest BCUT2D eigenvalue weighted by Crippen LogP contribution is -2.43. The van der Waals surface area contributed by atoms with Gasteiger partial charge in [-0.1, -0.05) is 6.92 Å². The molecule has 0 radical (unpaired) electrons. The monoisotopic (exact) mass is 547 g/mol. The molecule has 13 heteroatoms. The Bertz CT molecular complexity index is 1330. The van der Waals surface area contributed by atoms with Crippen LogP contribution in [-0.2, 0) is 44.7 Å². The molecule has 0 saturated carbocycles. The Balaban J connectivity index is 2.64. The van der Waals surface area contributed by atoms with Crippen molar-refractivity contribution in [3.8, 4) is 0 Å². The molecule has 0 aliphatic rings. The van der Waals surface area contributed by atoms with Crippen molar-refractivity contribution in [2.45, 2.75) is 60.3 Å². The molecule has 1 heterocycles. The number of aromatic nitrogens is 2. The quantitative estimate of drug-likeness (QED) is 0.314. The molecule has 1 aromatic heterocycles. The Hall–Kier alpha value is -4.29. The molecule has 1 aromatic carbocycles. The van der Waals surface area contributed by atoms with Crippen LogP contribution in [0.15, 0.2) is 16.9 Å². The molecule has 0 aliphatic carbocycles. The number of benzene rings is 1. The molecule has 0 aliphatic heterocycles. The third kappa shape index (κ3) is 8.35. The van der Waals surface area contributed by atoms with Crippen LogP contribution in [0.1, 0.15) is 49.3 Å². The van der Waals surface area contributed by atoms with Gasteiger partial charge in [0.1, 0.15) is 25.4 Å². The summed E-state index contributed by atoms with van der Waals surface area (Å²) in [7, 11) is 1.15. The zero-order valence-corrected chi connectivity index (χ0v) is 23.0. The van der Waals surface area contributed by atoms with Crippen LogP contribution < -0.4 is 10.9 Å². The SMILES string of the molecule is COC(=O)CNC(=O)c1nc2cc(C)c(C)cc2n(C[C@H](OC(C)=O)[C@H](C)[C@@H](COC(C)=O)OC(C)=O)c1=O. The van der Waals surface area contributed by atoms with Gasteiger partial charge in [-0.15, -0.1) is 0 Å². The maximum Gasteiger partial charge on any atom is 0.325 e. The highest BCUT2D eigenvalue weighted by molar-refractivity contribution is 5.95. The summed E-state index contributed by atoms with van der Waals surface area (Å²) in [6.45, 7) is 7.80. The van der Waals surface area contributed by atoms with Crippen LogP contribution >= 0.6 is 0 Å². The fourth-order valence-electron chi connectivity index (χ4n) is 3.78. The molecule has 39 heavy (non-hydrogen) atoms. The number of hydrogen-bond donors (Lipinski definition) is 1. The van der Waals surface area contributed by atoms with Crippen LogP contribution in [0.3, 0.4) is 0 Å². The molecular weight excluding hydrogens is 514 g/mol. The van der Waals surface area contributed by atoms with E-state index in [2.05, 4.69) is 15.0 Å². The van der Waals surface area contributed by atoms with Gasteiger partial charge in [-0.05, 0) is 37.1 Å². The number of esters is 4. The minimum Gasteiger partial charge on any atom is -0.468 e. The average Bonchev–Trinajstić information content (AvgIpc) is 2.85. The van der Waals surface area contributed by atoms with Crippen molar-refractivity contribution in [3.63, 3.8) is 0 Å². The van der Waals surface area contributed by atoms with E-state index in [9.17, 15) is 28.8 Å². The Labute approximate surface area is 224 Å². The summed E-state index contributed by atoms with van der Waals surface area (Å²) >= 11 is 0. The van der Waals surface area contributed by atoms with Crippen molar-refractivity contribution in [2.24, 2.45) is 5.92 Å². The van der Waals surface area contributed by atoms with Crippen LogP contribution in [0.5, 0.6) is 0 Å². The van der Waals surface area contributed by atoms with Crippen LogP contribution in [0, 0.1) is 19.8 Å². The molecule has 212 valence electrons. The smallest absolute Gasteiger partial charge is 0.325 e. The van der Waals surface area contributed by atoms with Gasteiger partial charge in [0.15, 0.2) is 5.69 Å². The first-order valence-corrected chi connectivity index (χ1v) is 12.1. The minimum absolute atomic E-state index is 0.254. The summed E-state index contributed by atoms with van der Waals surface area (Å²) in [6.07, 6.45) is -2.07. The van der Waals surface area contributed by atoms with Crippen LogP contribution in [-0.4, -0.2) is 71.8 Å². The fraction of sp³-hybridized carbons (Fsp3) is 0.500. The van der Waals surface area contributed by atoms with E-state index in [4.69, 9.17) is 14.2 Å². The van der Waals surface area contributed by atoms with E-state index in [1.54, 1.807) is 19.1 Å². The van der Waals surface area contributed by atoms with E-state index < -0.39 is 65.7 Å². The number of fused-ring (bicyclic) bond motifs is 1. The van der Waals surface area contributed by atoms with Crippen LogP contribution in [0.4, 0.5) is 0 Å². The summed E-state index contributed by atoms with van der Waals surface area (Å²) in [5, 5.41) is 2.30. The third-order valence-corrected chi connectivity index (χ3v) is 6.02. The molecule has 0 unspecified atom stereocenters. The molecule has 2 aromatic rings. The molecule has 13 nitrogen and oxygen atoms in total. The van der Waals surface area contributed by atoms with E-state index in [1.807, 2.05) is 13.8 Å². The van der Waals surface area contributed by atoms with Crippen molar-refractivity contribution < 1.29 is 42.9 Å². The molecular formula is C26H33N3O10. The number of nitrogens with zero attached hydrogens (tertiary/aromatic N) is 2. The zero-order chi connectivity index (χ0) is 29.4. The summed E-state index contributed by atoms with van der Waals surface area (Å²) in [5.41, 5.74) is 1.07. The maximum atomic E-state index is 13.6. The first kappa shape index (κ1) is 30.9. The maximum absolute atomic E-state index is 13.6. The number of carbonyl (C=O) groups is 5. The highest BCUT2D eigenvalue weighted by Gasteiger charge is 2.33. The van der Waals surface area contributed by atoms with E-state index in [-0.39, 0.29) is 13.2 Å². The van der Waals surface area contributed by atoms with Gasteiger partial charge in [-0.25, -0.2) is 4.98 Å². The standard InChI is InChI=1S/C26H33N3O10/c1-13-8-19-20(9-14(13)2)29(26(35)24(28-19)25(34)27-10-23(33)36-7)11-21(38-17(5)31)15(3)22(39-18(6)32)12-37-16(4)30/h8-9,15,21-22H,10-12H2,1-7H3,(H,27,34)/t15-,21-,22+/m0/s1. The number of hydrogen-bond acceptors (Lipinski definition) is 11. The second-order valence-corrected chi connectivity index (χ2v) is 9.02. The van der Waals surface area contributed by atoms with Crippen molar-refractivity contribution in [2.75, 3.05) is 20.3 Å². The first-order chi connectivity index (χ1) is 18.2. The molecule has 0 bridgehead atoms. The largest absolute Gasteiger partial charge is 0.468 e. The minimum atomic E-state index is -1.06. The van der Waals surface area contributed by atoms with Gasteiger partial charge in [0.2, 0.25) is 0 Å². The third-order valence-electron chi connectivity index (χ3n) is 6.02. The summed E-state index contributed by atoms with van der Waals surface area (Å²) in [5.74, 6) is -4.30. The fourth-order valence-corrected chi connectivity index (χ4v) is 3.78. The highest BCUT2D eigenvalue weighted by Crippen LogP contribution is 2.22. The second-order valence-electron chi connectivity index (χ2n) is 9.02. The van der Waals surface area contributed by atoms with E-state index in [1.165, 1.54) is 25.3 Å². The molecule has 1 N–H and O–H groups in total. The number of carbonyl (C=O) groups excluding carboxylic acids is 5. The van der Waals surface area contributed by atoms with E-state index in [0.717, 1.165) is 18.2 Å². The number of methoxy groups -OCH3 is 1. The van der Waals surface area contributed by atoms with Gasteiger partial charge < -0.3 is 28.8 Å². The number of rotatable bonds is 11. The highest BCUT2D eigenvalue weighted by atomic mass is 16.6. The van der Waals surface area contributed by atoms with Crippen molar-refractivity contribution in [1.29, 1.82) is 0 Å². The first-order valence-electron chi connectivity index (χ1n) is 12.1. The predicted octanol–water partition coefficient (Wildman–Crippen LogP) is 0.979. The van der Waals surface area contributed by atoms with Crippen molar-refractivity contribution in [1.82, 2.24) is 14.9 Å². The average molecular weight is 548 g/mol. The van der Waals surface area contributed by atoms with Gasteiger partial charge in [-0.3, -0.25) is 28.8 Å². The lowest BCUT2D eigenvalue weighted by Gasteiger charge is -2.30. The predicted molar refractivity (Wildman–Crippen MR) is 137 cm³/mol. The topological polar surface area (TPSA) is 169 Å². The zero-order valence-electron chi connectivity index (χ0n) is 23.0. The van der Waals surface area contributed by atoms with Gasteiger partial charge in [-0.2, -0.15) is 0 Å². The Morgan fingerprint density at radius 2 is 1.54 bits per heavy atom. The van der Waals surface area contributed by atoms with Crippen molar-refractivity contribution in [3.05, 3.63) is 39.3 Å². The van der Waals surface area contributed by atoms with E-state index in [0.29, 0.717) is 11.0 Å². The molecule has 1 amide bonds. The molecule has 0 saturated heterocycles. The van der Waals surface area contributed by atoms with Gasteiger partial charge in [0.25, 0.3) is 11.5 Å². The number of ether oxygens (including phenoxy) is 4. The van der Waals surface area contributed by atoms with Gasteiger partial charge in [0.05, 0.1) is 24.7 Å². The molecule has 0 spiro atoms. The lowest BCUT2D eigenvalue weighted by atomic mass is 9.97. The lowest BCUT2D eigenvalue weighted by molar-refractivity contribution is -0.167. The normalized spacial score (nSPS) is 13.1. The number of amides is 1. The molecule has 2 rings (SSSR count).